The van der Waals surface area contributed by atoms with Crippen LogP contribution in [0.5, 0.6) is 0 Å². The van der Waals surface area contributed by atoms with E-state index in [4.69, 9.17) is 5.11 Å². The zero-order chi connectivity index (χ0) is 21.8. The summed E-state index contributed by atoms with van der Waals surface area (Å²) in [5.41, 5.74) is 3.78. The van der Waals surface area contributed by atoms with Crippen molar-refractivity contribution in [2.45, 2.75) is 37.9 Å². The zero-order valence-electron chi connectivity index (χ0n) is 16.7. The van der Waals surface area contributed by atoms with Crippen LogP contribution in [-0.2, 0) is 11.2 Å². The summed E-state index contributed by atoms with van der Waals surface area (Å²) >= 11 is 1.67. The van der Waals surface area contributed by atoms with Gasteiger partial charge in [-0.25, -0.2) is 0 Å². The Kier molecular flexibility index (Phi) is 4.92. The molecular formula is C23H21F3N2O2S. The van der Waals surface area contributed by atoms with E-state index in [0.717, 1.165) is 41.4 Å². The Hall–Kier alpha value is -2.61. The number of carboxylic acid groups (broad SMARTS) is 1. The molecule has 162 valence electrons. The highest BCUT2D eigenvalue weighted by atomic mass is 32.2. The number of hydrogen-bond acceptors (Lipinski definition) is 4. The fourth-order valence-electron chi connectivity index (χ4n) is 4.45. The van der Waals surface area contributed by atoms with E-state index in [2.05, 4.69) is 21.9 Å². The minimum Gasteiger partial charge on any atom is -0.481 e. The second-order valence-corrected chi connectivity index (χ2v) is 9.18. The molecule has 3 aliphatic heterocycles. The number of thioether (sulfide) groups is 1. The Morgan fingerprint density at radius 1 is 1.26 bits per heavy atom. The van der Waals surface area contributed by atoms with Crippen molar-refractivity contribution in [2.24, 2.45) is 0 Å². The molecule has 0 aromatic heterocycles. The van der Waals surface area contributed by atoms with Gasteiger partial charge in [0.2, 0.25) is 0 Å². The van der Waals surface area contributed by atoms with Crippen molar-refractivity contribution in [1.82, 2.24) is 4.90 Å². The molecule has 1 aromatic carbocycles. The van der Waals surface area contributed by atoms with Gasteiger partial charge in [0, 0.05) is 23.6 Å². The van der Waals surface area contributed by atoms with Crippen molar-refractivity contribution in [3.05, 3.63) is 74.8 Å². The third-order valence-corrected chi connectivity index (χ3v) is 7.30. The van der Waals surface area contributed by atoms with Crippen LogP contribution in [0.4, 0.5) is 18.9 Å². The molecule has 1 saturated heterocycles. The van der Waals surface area contributed by atoms with Crippen LogP contribution in [0.15, 0.2) is 69.3 Å². The Morgan fingerprint density at radius 2 is 2.10 bits per heavy atom. The number of aliphatic carboxylic acids is 1. The summed E-state index contributed by atoms with van der Waals surface area (Å²) in [5, 5.41) is 10.00. The number of anilines is 1. The molecule has 1 aliphatic carbocycles. The molecule has 1 atom stereocenters. The molecule has 4 nitrogen and oxygen atoms in total. The number of nitrogens with zero attached hydrogens (tertiary/aromatic N) is 2. The van der Waals surface area contributed by atoms with Gasteiger partial charge in [-0.2, -0.15) is 13.2 Å². The van der Waals surface area contributed by atoms with Crippen molar-refractivity contribution in [2.75, 3.05) is 18.0 Å². The molecule has 1 N–H and O–H groups in total. The third kappa shape index (κ3) is 3.89. The van der Waals surface area contributed by atoms with E-state index in [9.17, 15) is 18.0 Å². The number of halogens is 3. The van der Waals surface area contributed by atoms with Gasteiger partial charge in [0.25, 0.3) is 0 Å². The van der Waals surface area contributed by atoms with E-state index in [1.54, 1.807) is 17.8 Å². The predicted molar refractivity (Wildman–Crippen MR) is 114 cm³/mol. The Bertz CT molecular complexity index is 1070. The first-order valence-corrected chi connectivity index (χ1v) is 11.1. The first-order valence-electron chi connectivity index (χ1n) is 10.3. The molecule has 0 amide bonds. The van der Waals surface area contributed by atoms with E-state index in [0.29, 0.717) is 18.9 Å². The molecule has 0 saturated carbocycles. The SMILES string of the molecule is O=C(O)CCc1cccc(N2CCC3C4=C(C2)SC(=C2C=CC(C(F)(F)F)=CC2)N43)c1. The Morgan fingerprint density at radius 3 is 2.81 bits per heavy atom. The lowest BCUT2D eigenvalue weighted by molar-refractivity contribution is -0.136. The van der Waals surface area contributed by atoms with Gasteiger partial charge in [0.1, 0.15) is 0 Å². The molecule has 1 aromatic rings. The van der Waals surface area contributed by atoms with Gasteiger partial charge in [-0.15, -0.1) is 0 Å². The van der Waals surface area contributed by atoms with E-state index in [1.807, 2.05) is 12.1 Å². The minimum atomic E-state index is -4.30. The fourth-order valence-corrected chi connectivity index (χ4v) is 5.85. The van der Waals surface area contributed by atoms with Crippen LogP contribution in [0.25, 0.3) is 0 Å². The number of fused-ring (bicyclic) bond motifs is 1. The van der Waals surface area contributed by atoms with E-state index < -0.39 is 17.7 Å². The van der Waals surface area contributed by atoms with Gasteiger partial charge in [-0.3, -0.25) is 4.79 Å². The second kappa shape index (κ2) is 7.51. The zero-order valence-corrected chi connectivity index (χ0v) is 17.5. The summed E-state index contributed by atoms with van der Waals surface area (Å²) in [6, 6.07) is 8.39. The summed E-state index contributed by atoms with van der Waals surface area (Å²) < 4.78 is 38.7. The standard InChI is InChI=1S/C23H21F3N2O2S/c24-23(25,26)16-7-5-15(6-8-16)22-28-18-10-11-27(13-19(31-22)21(18)28)17-3-1-2-14(12-17)4-9-20(29)30/h1-3,5,7-8,12,18H,4,6,9-11,13H2,(H,29,30). The van der Waals surface area contributed by atoms with Crippen LogP contribution in [0, 0.1) is 0 Å². The number of carboxylic acids is 1. The number of aryl methyl sites for hydroxylation is 1. The molecule has 1 fully saturated rings. The van der Waals surface area contributed by atoms with Crippen molar-refractivity contribution in [3.63, 3.8) is 0 Å². The normalized spacial score (nSPS) is 24.9. The summed E-state index contributed by atoms with van der Waals surface area (Å²) in [4.78, 5) is 16.7. The number of benzene rings is 1. The highest BCUT2D eigenvalue weighted by molar-refractivity contribution is 8.07. The van der Waals surface area contributed by atoms with Gasteiger partial charge in [-0.05, 0) is 48.6 Å². The van der Waals surface area contributed by atoms with Crippen LogP contribution in [0.3, 0.4) is 0 Å². The maximum Gasteiger partial charge on any atom is 0.416 e. The highest BCUT2D eigenvalue weighted by Gasteiger charge is 2.52. The topological polar surface area (TPSA) is 43.5 Å². The van der Waals surface area contributed by atoms with Crippen LogP contribution in [0.2, 0.25) is 0 Å². The maximum absolute atomic E-state index is 12.9. The van der Waals surface area contributed by atoms with Gasteiger partial charge < -0.3 is 14.9 Å². The summed E-state index contributed by atoms with van der Waals surface area (Å²) in [7, 11) is 0. The van der Waals surface area contributed by atoms with E-state index >= 15 is 0 Å². The van der Waals surface area contributed by atoms with Crippen molar-refractivity contribution in [3.8, 4) is 0 Å². The van der Waals surface area contributed by atoms with Gasteiger partial charge in [-0.1, -0.05) is 36.0 Å². The Balaban J connectivity index is 1.31. The van der Waals surface area contributed by atoms with Crippen LogP contribution in [0.1, 0.15) is 24.8 Å². The molecule has 5 rings (SSSR count). The molecule has 0 bridgehead atoms. The highest BCUT2D eigenvalue weighted by Crippen LogP contribution is 2.59. The lowest BCUT2D eigenvalue weighted by atomic mass is 10.0. The quantitative estimate of drug-likeness (QED) is 0.643. The summed E-state index contributed by atoms with van der Waals surface area (Å²) in [6.07, 6.45) is 1.64. The average Bonchev–Trinajstić information content (AvgIpc) is 3.35. The molecule has 3 heterocycles. The largest absolute Gasteiger partial charge is 0.481 e. The fraction of sp³-hybridized carbons (Fsp3) is 0.348. The van der Waals surface area contributed by atoms with E-state index in [-0.39, 0.29) is 6.42 Å². The molecule has 8 heteroatoms. The average molecular weight is 446 g/mol. The molecule has 0 radical (unpaired) electrons. The maximum atomic E-state index is 12.9. The summed E-state index contributed by atoms with van der Waals surface area (Å²) in [6.45, 7) is 1.65. The molecule has 31 heavy (non-hydrogen) atoms. The van der Waals surface area contributed by atoms with Crippen molar-refractivity contribution < 1.29 is 23.1 Å². The third-order valence-electron chi connectivity index (χ3n) is 6.06. The first kappa shape index (κ1) is 20.3. The smallest absolute Gasteiger partial charge is 0.416 e. The van der Waals surface area contributed by atoms with Crippen LogP contribution >= 0.6 is 11.8 Å². The number of carbonyl (C=O) groups is 1. The lowest BCUT2D eigenvalue weighted by Gasteiger charge is -2.24. The number of hydrogen-bond donors (Lipinski definition) is 1. The molecular weight excluding hydrogens is 425 g/mol. The van der Waals surface area contributed by atoms with Crippen molar-refractivity contribution in [1.29, 1.82) is 0 Å². The van der Waals surface area contributed by atoms with Crippen molar-refractivity contribution >= 4 is 23.4 Å². The van der Waals surface area contributed by atoms with Crippen LogP contribution < -0.4 is 4.90 Å². The molecule has 0 spiro atoms. The van der Waals surface area contributed by atoms with Gasteiger partial charge in [0.15, 0.2) is 0 Å². The summed E-state index contributed by atoms with van der Waals surface area (Å²) in [5.74, 6) is -0.802. The number of rotatable bonds is 4. The van der Waals surface area contributed by atoms with Crippen LogP contribution in [-0.4, -0.2) is 41.3 Å². The monoisotopic (exact) mass is 446 g/mol. The van der Waals surface area contributed by atoms with Gasteiger partial charge >= 0.3 is 12.1 Å². The van der Waals surface area contributed by atoms with E-state index in [1.165, 1.54) is 22.8 Å². The number of alkyl halides is 3. The van der Waals surface area contributed by atoms with Gasteiger partial charge in [0.05, 0.1) is 28.9 Å². The lowest BCUT2D eigenvalue weighted by Crippen LogP contribution is -2.26. The molecule has 4 aliphatic rings. The first-order chi connectivity index (χ1) is 14.8. The Labute approximate surface area is 182 Å². The predicted octanol–water partition coefficient (Wildman–Crippen LogP) is 5.22. The molecule has 1 unspecified atom stereocenters. The number of allylic oxidation sites excluding steroid dienone is 5. The second-order valence-electron chi connectivity index (χ2n) is 8.10. The minimum absolute atomic E-state index is 0.112.